The summed E-state index contributed by atoms with van der Waals surface area (Å²) in [6, 6.07) is 44.5. The first-order valence-electron chi connectivity index (χ1n) is 25.1. The Labute approximate surface area is 434 Å². The maximum atomic E-state index is 9.44. The Balaban J connectivity index is 0.000000267. The average Bonchev–Trinajstić information content (AvgIpc) is 3.95. The molecule has 0 saturated heterocycles. The summed E-state index contributed by atoms with van der Waals surface area (Å²) in [5, 5.41) is 30.3. The Morgan fingerprint density at radius 3 is 1.00 bits per heavy atom. The average molecular weight is 1050 g/mol. The highest BCUT2D eigenvalue weighted by Crippen LogP contribution is 2.38. The number of oxime groups is 2. The van der Waals surface area contributed by atoms with Crippen molar-refractivity contribution in [3.8, 4) is 0 Å². The predicted octanol–water partition coefficient (Wildman–Crippen LogP) is 10.9. The Kier molecular flexibility index (Phi) is 20.3. The highest BCUT2D eigenvalue weighted by Gasteiger charge is 2.51. The van der Waals surface area contributed by atoms with Gasteiger partial charge in [0.2, 0.25) is 0 Å². The zero-order chi connectivity index (χ0) is 52.8. The van der Waals surface area contributed by atoms with Crippen LogP contribution in [0.2, 0.25) is 61.4 Å². The minimum Gasteiger partial charge on any atom is -0.411 e. The van der Waals surface area contributed by atoms with E-state index in [9.17, 15) is 10.4 Å². The van der Waals surface area contributed by atoms with Gasteiger partial charge in [-0.05, 0) is 56.8 Å². The van der Waals surface area contributed by atoms with Crippen molar-refractivity contribution in [1.82, 2.24) is 19.1 Å². The van der Waals surface area contributed by atoms with Gasteiger partial charge in [0.05, 0.1) is 24.6 Å². The van der Waals surface area contributed by atoms with Gasteiger partial charge >= 0.3 is 0 Å². The summed E-state index contributed by atoms with van der Waals surface area (Å²) in [7, 11) is -7.72. The quantitative estimate of drug-likeness (QED) is 0.0225. The van der Waals surface area contributed by atoms with E-state index < -0.39 is 32.8 Å². The van der Waals surface area contributed by atoms with Crippen LogP contribution < -0.4 is 20.7 Å². The van der Waals surface area contributed by atoms with Gasteiger partial charge in [0.15, 0.2) is 11.6 Å². The van der Waals surface area contributed by atoms with Crippen molar-refractivity contribution in [2.75, 3.05) is 13.2 Å². The fourth-order valence-corrected chi connectivity index (χ4v) is 19.5. The molecule has 0 unspecified atom stereocenters. The van der Waals surface area contributed by atoms with Crippen LogP contribution in [0.25, 0.3) is 0 Å². The number of hydrogen-bond donors (Lipinski definition) is 2. The summed E-state index contributed by atoms with van der Waals surface area (Å²) in [6.45, 7) is 33.9. The van der Waals surface area contributed by atoms with E-state index >= 15 is 0 Å². The van der Waals surface area contributed by atoms with Crippen LogP contribution >= 0.6 is 0 Å². The van der Waals surface area contributed by atoms with E-state index in [1.807, 2.05) is 45.8 Å². The molecule has 0 saturated carbocycles. The molecule has 0 aliphatic rings. The van der Waals surface area contributed by atoms with Gasteiger partial charge in [0, 0.05) is 41.8 Å². The van der Waals surface area contributed by atoms with Gasteiger partial charge in [-0.15, -0.1) is 0 Å². The number of nitrogens with zero attached hydrogens (tertiary/aromatic N) is 6. The molecular formula is C56H82N6O6Si4. The number of benzene rings is 4. The van der Waals surface area contributed by atoms with E-state index in [0.29, 0.717) is 63.0 Å². The molecular weight excluding hydrogens is 965 g/mol. The van der Waals surface area contributed by atoms with Crippen LogP contribution in [0.1, 0.15) is 78.4 Å². The summed E-state index contributed by atoms with van der Waals surface area (Å²) in [5.41, 5.74) is 2.46. The summed E-state index contributed by atoms with van der Waals surface area (Å²) in [6.07, 6.45) is 3.91. The standard InChI is InChI=1S/2C28H41N3O3Si2/c2*1-23(30-32)27-29-24(20-31(27)22-33-18-19-35(5,6)7)21-34-36(28(2,3)4,25-14-10-8-11-15-25)26-16-12-9-13-17-26/h2*8-17,20,32H,18-19,21-22H2,1-7H3/b30-23+;30-23-. The molecule has 2 aromatic heterocycles. The van der Waals surface area contributed by atoms with Crippen LogP contribution in [0.3, 0.4) is 0 Å². The second-order valence-corrected chi connectivity index (χ2v) is 42.9. The van der Waals surface area contributed by atoms with E-state index in [0.717, 1.165) is 23.5 Å². The highest BCUT2D eigenvalue weighted by atomic mass is 28.4. The van der Waals surface area contributed by atoms with Crippen LogP contribution in [0.4, 0.5) is 0 Å². The minimum absolute atomic E-state index is 0.121. The molecule has 0 atom stereocenters. The largest absolute Gasteiger partial charge is 0.411 e. The summed E-state index contributed by atoms with van der Waals surface area (Å²) in [4.78, 5) is 9.56. The lowest BCUT2D eigenvalue weighted by molar-refractivity contribution is 0.0865. The van der Waals surface area contributed by atoms with Gasteiger partial charge in [0.1, 0.15) is 24.9 Å². The van der Waals surface area contributed by atoms with Crippen molar-refractivity contribution in [2.24, 2.45) is 10.3 Å². The summed E-state index contributed by atoms with van der Waals surface area (Å²) in [5.74, 6) is 1.18. The van der Waals surface area contributed by atoms with Gasteiger partial charge in [0.25, 0.3) is 16.6 Å². The second-order valence-electron chi connectivity index (χ2n) is 23.0. The molecule has 72 heavy (non-hydrogen) atoms. The van der Waals surface area contributed by atoms with Crippen molar-refractivity contribution in [2.45, 2.75) is 144 Å². The van der Waals surface area contributed by atoms with E-state index in [1.165, 1.54) is 20.7 Å². The fourth-order valence-electron chi connectivity index (χ4n) is 8.91. The van der Waals surface area contributed by atoms with E-state index in [4.69, 9.17) is 28.3 Å². The molecule has 0 aliphatic carbocycles. The molecule has 0 radical (unpaired) electrons. The monoisotopic (exact) mass is 1050 g/mol. The molecule has 16 heteroatoms. The molecule has 0 bridgehead atoms. The molecule has 2 N–H and O–H groups in total. The van der Waals surface area contributed by atoms with Gasteiger partial charge in [-0.25, -0.2) is 9.97 Å². The van der Waals surface area contributed by atoms with Crippen LogP contribution in [0, 0.1) is 0 Å². The second kappa shape index (κ2) is 25.3. The Hall–Kier alpha value is -5.05. The third-order valence-corrected chi connectivity index (χ3v) is 26.1. The van der Waals surface area contributed by atoms with Crippen molar-refractivity contribution in [1.29, 1.82) is 0 Å². The van der Waals surface area contributed by atoms with Crippen molar-refractivity contribution < 1.29 is 28.7 Å². The number of imidazole rings is 2. The summed E-state index contributed by atoms with van der Waals surface area (Å²) >= 11 is 0. The first kappa shape index (κ1) is 57.8. The zero-order valence-corrected chi connectivity index (χ0v) is 49.6. The van der Waals surface area contributed by atoms with E-state index in [1.54, 1.807) is 13.8 Å². The van der Waals surface area contributed by atoms with Crippen LogP contribution in [-0.2, 0) is 45.0 Å². The molecule has 388 valence electrons. The van der Waals surface area contributed by atoms with Crippen molar-refractivity contribution >= 4 is 65.0 Å². The van der Waals surface area contributed by atoms with Crippen molar-refractivity contribution in [3.05, 3.63) is 157 Å². The first-order valence-corrected chi connectivity index (χ1v) is 36.3. The molecule has 0 amide bonds. The fraction of sp³-hybridized carbons (Fsp3) is 0.429. The smallest absolute Gasteiger partial charge is 0.261 e. The molecule has 6 rings (SSSR count). The molecule has 4 aromatic carbocycles. The number of aromatic nitrogens is 4. The van der Waals surface area contributed by atoms with Gasteiger partial charge in [-0.2, -0.15) is 0 Å². The summed E-state index contributed by atoms with van der Waals surface area (Å²) < 4.78 is 29.8. The lowest BCUT2D eigenvalue weighted by Gasteiger charge is -2.42. The van der Waals surface area contributed by atoms with Crippen LogP contribution in [0.15, 0.2) is 144 Å². The molecule has 0 aliphatic heterocycles. The Morgan fingerprint density at radius 1 is 0.486 bits per heavy atom. The van der Waals surface area contributed by atoms with Gasteiger partial charge in [-0.1, -0.05) is 212 Å². The normalized spacial score (nSPS) is 13.2. The predicted molar refractivity (Wildman–Crippen MR) is 305 cm³/mol. The maximum absolute atomic E-state index is 9.44. The highest BCUT2D eigenvalue weighted by molar-refractivity contribution is 7.00. The number of rotatable bonds is 22. The zero-order valence-electron chi connectivity index (χ0n) is 45.6. The number of ether oxygens (including phenoxy) is 2. The molecule has 2 heterocycles. The molecule has 6 aromatic rings. The first-order chi connectivity index (χ1) is 34.0. The maximum Gasteiger partial charge on any atom is 0.261 e. The SMILES string of the molecule is C/C(=N/O)c1nc(CO[Si](c2ccccc2)(c2ccccc2)C(C)(C)C)cn1COCC[Si](C)(C)C.C/C(=N\O)c1nc(CO[Si](c2ccccc2)(c2ccccc2)C(C)(C)C)cn1COCC[Si](C)(C)C. The third-order valence-electron chi connectivity index (χ3n) is 12.8. The third kappa shape index (κ3) is 15.0. The van der Waals surface area contributed by atoms with Gasteiger partial charge < -0.3 is 37.9 Å². The van der Waals surface area contributed by atoms with Crippen LogP contribution in [0.5, 0.6) is 0 Å². The van der Waals surface area contributed by atoms with E-state index in [-0.39, 0.29) is 10.1 Å². The number of hydrogen-bond acceptors (Lipinski definition) is 10. The lowest BCUT2D eigenvalue weighted by atomic mass is 10.2. The minimum atomic E-state index is -2.68. The van der Waals surface area contributed by atoms with Crippen molar-refractivity contribution in [3.63, 3.8) is 0 Å². The molecule has 0 fully saturated rings. The van der Waals surface area contributed by atoms with Crippen LogP contribution in [-0.4, -0.2) is 86.9 Å². The molecule has 12 nitrogen and oxygen atoms in total. The Morgan fingerprint density at radius 2 is 0.764 bits per heavy atom. The topological polar surface area (TPSA) is 138 Å². The van der Waals surface area contributed by atoms with Gasteiger partial charge in [-0.3, -0.25) is 0 Å². The Bertz CT molecular complexity index is 2370. The lowest BCUT2D eigenvalue weighted by Crippen LogP contribution is -2.66. The molecule has 0 spiro atoms. The van der Waals surface area contributed by atoms with E-state index in [2.05, 4.69) is 188 Å².